The first-order valence-corrected chi connectivity index (χ1v) is 9.46. The monoisotopic (exact) mass is 408 g/mol. The van der Waals surface area contributed by atoms with Crippen LogP contribution in [0.5, 0.6) is 5.75 Å². The molecule has 29 heavy (non-hydrogen) atoms. The summed E-state index contributed by atoms with van der Waals surface area (Å²) in [6.07, 6.45) is 0.169. The molecule has 1 aliphatic rings. The number of hydrogen-bond donors (Lipinski definition) is 1. The maximum absolute atomic E-state index is 12.6. The van der Waals surface area contributed by atoms with Gasteiger partial charge in [-0.15, -0.1) is 13.2 Å². The number of benzene rings is 1. The molecule has 3 rings (SSSR count). The number of aromatic nitrogens is 2. The highest BCUT2D eigenvalue weighted by Gasteiger charge is 2.31. The Kier molecular flexibility index (Phi) is 6.24. The first-order valence-electron chi connectivity index (χ1n) is 9.46. The fourth-order valence-electron chi connectivity index (χ4n) is 3.13. The smallest absolute Gasteiger partial charge is 0.406 e. The third kappa shape index (κ3) is 5.82. The molecule has 0 bridgehead atoms. The number of nitrogens with one attached hydrogen (secondary N) is 1. The summed E-state index contributed by atoms with van der Waals surface area (Å²) in [7, 11) is 0. The summed E-state index contributed by atoms with van der Waals surface area (Å²) in [6.45, 7) is 5.49. The van der Waals surface area contributed by atoms with Crippen LogP contribution in [0.2, 0.25) is 0 Å². The number of alkyl halides is 3. The van der Waals surface area contributed by atoms with E-state index in [1.165, 1.54) is 24.5 Å². The number of halogens is 3. The number of rotatable bonds is 6. The lowest BCUT2D eigenvalue weighted by atomic mass is 10.0. The van der Waals surface area contributed by atoms with Crippen molar-refractivity contribution < 1.29 is 22.7 Å². The first-order chi connectivity index (χ1) is 13.7. The number of carbonyl (C=O) groups is 1. The van der Waals surface area contributed by atoms with Gasteiger partial charge in [-0.25, -0.2) is 9.97 Å². The van der Waals surface area contributed by atoms with E-state index in [-0.39, 0.29) is 30.1 Å². The third-order valence-electron chi connectivity index (χ3n) is 4.63. The largest absolute Gasteiger partial charge is 0.573 e. The van der Waals surface area contributed by atoms with Gasteiger partial charge in [0.2, 0.25) is 5.95 Å². The molecule has 0 radical (unpaired) electrons. The SMILES string of the molecule is CC(C)c1cc(CNc2ncc(C(=O)N3CCCC3)cn2)cc(OC(F)(F)F)c1. The Morgan fingerprint density at radius 2 is 1.83 bits per heavy atom. The van der Waals surface area contributed by atoms with E-state index in [9.17, 15) is 18.0 Å². The highest BCUT2D eigenvalue weighted by atomic mass is 19.4. The number of anilines is 1. The van der Waals surface area contributed by atoms with Crippen molar-refractivity contribution in [3.05, 3.63) is 47.3 Å². The number of nitrogens with zero attached hydrogens (tertiary/aromatic N) is 3. The Labute approximate surface area is 167 Å². The molecule has 1 aliphatic heterocycles. The second-order valence-electron chi connectivity index (χ2n) is 7.26. The van der Waals surface area contributed by atoms with Gasteiger partial charge in [-0.3, -0.25) is 4.79 Å². The Morgan fingerprint density at radius 1 is 1.17 bits per heavy atom. The maximum atomic E-state index is 12.6. The zero-order valence-electron chi connectivity index (χ0n) is 16.3. The summed E-state index contributed by atoms with van der Waals surface area (Å²) in [5.41, 5.74) is 1.76. The van der Waals surface area contributed by atoms with Crippen LogP contribution < -0.4 is 10.1 Å². The van der Waals surface area contributed by atoms with Gasteiger partial charge in [0.05, 0.1) is 5.56 Å². The van der Waals surface area contributed by atoms with E-state index < -0.39 is 6.36 Å². The summed E-state index contributed by atoms with van der Waals surface area (Å²) in [4.78, 5) is 22.4. The number of amides is 1. The Hall–Kier alpha value is -2.84. The summed E-state index contributed by atoms with van der Waals surface area (Å²) < 4.78 is 41.8. The molecule has 156 valence electrons. The van der Waals surface area contributed by atoms with Crippen LogP contribution in [0.25, 0.3) is 0 Å². The lowest BCUT2D eigenvalue weighted by Gasteiger charge is -2.15. The summed E-state index contributed by atoms with van der Waals surface area (Å²) in [6, 6.07) is 4.53. The Balaban J connectivity index is 1.67. The van der Waals surface area contributed by atoms with Crippen molar-refractivity contribution in [1.82, 2.24) is 14.9 Å². The number of likely N-dealkylation sites (tertiary alicyclic amines) is 1. The van der Waals surface area contributed by atoms with E-state index in [0.717, 1.165) is 31.5 Å². The minimum Gasteiger partial charge on any atom is -0.406 e. The minimum absolute atomic E-state index is 0.0395. The molecule has 0 spiro atoms. The highest BCUT2D eigenvalue weighted by Crippen LogP contribution is 2.28. The zero-order chi connectivity index (χ0) is 21.0. The van der Waals surface area contributed by atoms with Crippen molar-refractivity contribution in [3.8, 4) is 5.75 Å². The van der Waals surface area contributed by atoms with Crippen molar-refractivity contribution in [2.24, 2.45) is 0 Å². The molecule has 0 atom stereocenters. The number of ether oxygens (including phenoxy) is 1. The van der Waals surface area contributed by atoms with Gasteiger partial charge >= 0.3 is 6.36 Å². The van der Waals surface area contributed by atoms with E-state index in [1.807, 2.05) is 19.9 Å². The molecule has 1 N–H and O–H groups in total. The maximum Gasteiger partial charge on any atom is 0.573 e. The van der Waals surface area contributed by atoms with Crippen LogP contribution in [0.15, 0.2) is 30.6 Å². The minimum atomic E-state index is -4.75. The molecular weight excluding hydrogens is 385 g/mol. The van der Waals surface area contributed by atoms with Gasteiger partial charge in [-0.05, 0) is 42.0 Å². The van der Waals surface area contributed by atoms with Gasteiger partial charge in [0, 0.05) is 32.0 Å². The normalized spacial score (nSPS) is 14.3. The van der Waals surface area contributed by atoms with Crippen LogP contribution >= 0.6 is 0 Å². The van der Waals surface area contributed by atoms with E-state index in [1.54, 1.807) is 4.90 Å². The number of carbonyl (C=O) groups excluding carboxylic acids is 1. The van der Waals surface area contributed by atoms with Gasteiger partial charge in [0.15, 0.2) is 0 Å². The van der Waals surface area contributed by atoms with Crippen LogP contribution in [-0.2, 0) is 6.54 Å². The zero-order valence-corrected chi connectivity index (χ0v) is 16.3. The molecule has 1 aromatic carbocycles. The fraction of sp³-hybridized carbons (Fsp3) is 0.450. The fourth-order valence-corrected chi connectivity index (χ4v) is 3.13. The van der Waals surface area contributed by atoms with Crippen molar-refractivity contribution in [1.29, 1.82) is 0 Å². The van der Waals surface area contributed by atoms with Crippen LogP contribution in [0.3, 0.4) is 0 Å². The molecule has 2 heterocycles. The third-order valence-corrected chi connectivity index (χ3v) is 4.63. The summed E-state index contributed by atoms with van der Waals surface area (Å²) >= 11 is 0. The molecule has 9 heteroatoms. The van der Waals surface area contributed by atoms with E-state index in [2.05, 4.69) is 20.0 Å². The summed E-state index contributed by atoms with van der Waals surface area (Å²) in [5, 5.41) is 2.97. The average Bonchev–Trinajstić information content (AvgIpc) is 3.19. The molecule has 1 saturated heterocycles. The van der Waals surface area contributed by atoms with Gasteiger partial charge in [0.25, 0.3) is 5.91 Å². The second kappa shape index (κ2) is 8.67. The molecule has 1 aromatic heterocycles. The topological polar surface area (TPSA) is 67.4 Å². The first kappa shape index (κ1) is 20.9. The highest BCUT2D eigenvalue weighted by molar-refractivity contribution is 5.93. The average molecular weight is 408 g/mol. The Bertz CT molecular complexity index is 848. The molecule has 2 aromatic rings. The standard InChI is InChI=1S/C20H23F3N4O2/c1-13(2)15-7-14(8-17(9-15)29-20(21,22)23)10-24-19-25-11-16(12-26-19)18(28)27-5-3-4-6-27/h7-9,11-13H,3-6,10H2,1-2H3,(H,24,25,26). The quantitative estimate of drug-likeness (QED) is 0.770. The van der Waals surface area contributed by atoms with Gasteiger partial charge in [-0.1, -0.05) is 19.9 Å². The predicted octanol–water partition coefficient (Wildman–Crippen LogP) is 4.35. The van der Waals surface area contributed by atoms with Crippen molar-refractivity contribution in [3.63, 3.8) is 0 Å². The van der Waals surface area contributed by atoms with Crippen molar-refractivity contribution in [2.75, 3.05) is 18.4 Å². The van der Waals surface area contributed by atoms with Crippen LogP contribution in [-0.4, -0.2) is 40.2 Å². The molecule has 0 aliphatic carbocycles. The van der Waals surface area contributed by atoms with Gasteiger partial charge in [-0.2, -0.15) is 0 Å². The van der Waals surface area contributed by atoms with Crippen LogP contribution in [0.1, 0.15) is 54.1 Å². The number of hydrogen-bond acceptors (Lipinski definition) is 5. The lowest BCUT2D eigenvalue weighted by Crippen LogP contribution is -2.27. The van der Waals surface area contributed by atoms with E-state index in [0.29, 0.717) is 11.1 Å². The molecule has 1 fully saturated rings. The van der Waals surface area contributed by atoms with E-state index in [4.69, 9.17) is 0 Å². The second-order valence-corrected chi connectivity index (χ2v) is 7.26. The van der Waals surface area contributed by atoms with Crippen molar-refractivity contribution in [2.45, 2.75) is 45.5 Å². The summed E-state index contributed by atoms with van der Waals surface area (Å²) in [5.74, 6) is -0.0190. The van der Waals surface area contributed by atoms with Crippen LogP contribution in [0, 0.1) is 0 Å². The molecule has 6 nitrogen and oxygen atoms in total. The molecule has 1 amide bonds. The Morgan fingerprint density at radius 3 is 2.41 bits per heavy atom. The van der Waals surface area contributed by atoms with E-state index >= 15 is 0 Å². The molecule has 0 unspecified atom stereocenters. The predicted molar refractivity (Wildman–Crippen MR) is 102 cm³/mol. The molecule has 0 saturated carbocycles. The van der Waals surface area contributed by atoms with Crippen LogP contribution in [0.4, 0.5) is 19.1 Å². The van der Waals surface area contributed by atoms with Gasteiger partial charge < -0.3 is 15.0 Å². The molecular formula is C20H23F3N4O2. The lowest BCUT2D eigenvalue weighted by molar-refractivity contribution is -0.274. The van der Waals surface area contributed by atoms with Crippen molar-refractivity contribution >= 4 is 11.9 Å². The van der Waals surface area contributed by atoms with Gasteiger partial charge in [0.1, 0.15) is 5.75 Å².